The minimum atomic E-state index is 0.159. The minimum absolute atomic E-state index is 0.159. The van der Waals surface area contributed by atoms with E-state index in [1.807, 2.05) is 6.07 Å². The van der Waals surface area contributed by atoms with Gasteiger partial charge in [-0.1, -0.05) is 55.5 Å². The van der Waals surface area contributed by atoms with E-state index in [0.29, 0.717) is 0 Å². The predicted octanol–water partition coefficient (Wildman–Crippen LogP) is 4.18. The third kappa shape index (κ3) is 6.00. The molecule has 2 aromatic carbocycles. The number of aliphatic imine (C=N–C) groups is 1. The smallest absolute Gasteiger partial charge is 0.191 e. The molecule has 0 bridgehead atoms. The first-order valence-electron chi connectivity index (χ1n) is 11.7. The topological polar surface area (TPSA) is 72.1 Å². The van der Waals surface area contributed by atoms with Crippen molar-refractivity contribution in [2.45, 2.75) is 45.8 Å². The van der Waals surface area contributed by atoms with Crippen LogP contribution in [-0.2, 0) is 19.5 Å². The van der Waals surface area contributed by atoms with E-state index < -0.39 is 0 Å². The van der Waals surface area contributed by atoms with Crippen molar-refractivity contribution in [3.05, 3.63) is 84.6 Å². The lowest BCUT2D eigenvalue weighted by Gasteiger charge is -2.19. The largest absolute Gasteiger partial charge is 0.355 e. The predicted molar refractivity (Wildman–Crippen MR) is 134 cm³/mol. The fraction of sp³-hybridized carbons (Fsp3) is 0.346. The van der Waals surface area contributed by atoms with Gasteiger partial charge < -0.3 is 19.8 Å². The summed E-state index contributed by atoms with van der Waals surface area (Å²) in [7, 11) is 0. The second-order valence-corrected chi connectivity index (χ2v) is 8.15. The lowest BCUT2D eigenvalue weighted by Crippen LogP contribution is -2.40. The van der Waals surface area contributed by atoms with Gasteiger partial charge in [0.25, 0.3) is 0 Å². The van der Waals surface area contributed by atoms with Gasteiger partial charge >= 0.3 is 0 Å². The Labute approximate surface area is 195 Å². The first-order chi connectivity index (χ1) is 16.2. The van der Waals surface area contributed by atoms with Crippen molar-refractivity contribution >= 4 is 16.9 Å². The van der Waals surface area contributed by atoms with Crippen LogP contribution in [-0.4, -0.2) is 38.4 Å². The monoisotopic (exact) mass is 443 g/mol. The molecule has 0 saturated carbocycles. The molecule has 4 rings (SSSR count). The summed E-state index contributed by atoms with van der Waals surface area (Å²) in [6.07, 6.45) is 5.79. The Bertz CT molecular complexity index is 1160. The van der Waals surface area contributed by atoms with Crippen LogP contribution in [0.2, 0.25) is 0 Å². The number of para-hydroxylation sites is 1. The Balaban J connectivity index is 1.36. The average molecular weight is 444 g/mol. The molecule has 4 aromatic rings. The third-order valence-corrected chi connectivity index (χ3v) is 5.82. The Hall–Kier alpha value is -3.61. The molecule has 172 valence electrons. The van der Waals surface area contributed by atoms with Crippen LogP contribution in [0.3, 0.4) is 0 Å². The van der Waals surface area contributed by atoms with Gasteiger partial charge in [0.15, 0.2) is 5.96 Å². The molecule has 0 radical (unpaired) electrons. The highest BCUT2D eigenvalue weighted by atomic mass is 15.3. The summed E-state index contributed by atoms with van der Waals surface area (Å²) in [6.45, 7) is 7.49. The maximum absolute atomic E-state index is 4.87. The molecule has 0 aliphatic rings. The molecular weight excluding hydrogens is 410 g/mol. The average Bonchev–Trinajstić information content (AvgIpc) is 3.49. The van der Waals surface area contributed by atoms with Crippen molar-refractivity contribution in [3.63, 3.8) is 0 Å². The highest BCUT2D eigenvalue weighted by Gasteiger charge is 2.08. The zero-order valence-corrected chi connectivity index (χ0v) is 19.5. The molecular formula is C26H33N7. The van der Waals surface area contributed by atoms with Gasteiger partial charge in [-0.2, -0.15) is 0 Å². The highest BCUT2D eigenvalue weighted by molar-refractivity contribution is 5.80. The summed E-state index contributed by atoms with van der Waals surface area (Å²) in [6, 6.07) is 21.3. The minimum Gasteiger partial charge on any atom is -0.355 e. The number of nitrogens with zero attached hydrogens (tertiary/aromatic N) is 5. The number of rotatable bonds is 10. The van der Waals surface area contributed by atoms with Crippen LogP contribution in [0.4, 0.5) is 0 Å². The Morgan fingerprint density at radius 3 is 2.67 bits per heavy atom. The number of fused-ring (bicyclic) bond motifs is 1. The van der Waals surface area contributed by atoms with E-state index in [1.165, 1.54) is 16.5 Å². The number of nitrogens with one attached hydrogen (secondary N) is 2. The van der Waals surface area contributed by atoms with Crippen LogP contribution < -0.4 is 10.6 Å². The maximum atomic E-state index is 4.87. The van der Waals surface area contributed by atoms with E-state index in [4.69, 9.17) is 4.99 Å². The van der Waals surface area contributed by atoms with Crippen LogP contribution >= 0.6 is 0 Å². The summed E-state index contributed by atoms with van der Waals surface area (Å²) in [4.78, 5) is 4.87. The molecule has 2 heterocycles. The van der Waals surface area contributed by atoms with Crippen LogP contribution in [0.5, 0.6) is 0 Å². The van der Waals surface area contributed by atoms with Gasteiger partial charge in [-0.3, -0.25) is 4.99 Å². The summed E-state index contributed by atoms with van der Waals surface area (Å²) in [5.74, 6) is 1.83. The molecule has 7 nitrogen and oxygen atoms in total. The van der Waals surface area contributed by atoms with Gasteiger partial charge in [0.2, 0.25) is 0 Å². The second kappa shape index (κ2) is 11.3. The Morgan fingerprint density at radius 1 is 1.00 bits per heavy atom. The number of aryl methyl sites for hydroxylation is 2. The molecule has 2 aromatic heterocycles. The molecule has 1 atom stereocenters. The summed E-state index contributed by atoms with van der Waals surface area (Å²) < 4.78 is 4.39. The number of guanidine groups is 1. The number of benzene rings is 2. The molecule has 33 heavy (non-hydrogen) atoms. The molecule has 0 spiro atoms. The van der Waals surface area contributed by atoms with Crippen LogP contribution in [0, 0.1) is 0 Å². The van der Waals surface area contributed by atoms with E-state index in [9.17, 15) is 0 Å². The highest BCUT2D eigenvalue weighted by Crippen LogP contribution is 2.15. The van der Waals surface area contributed by atoms with E-state index in [-0.39, 0.29) is 6.04 Å². The summed E-state index contributed by atoms with van der Waals surface area (Å²) >= 11 is 0. The van der Waals surface area contributed by atoms with Crippen LogP contribution in [0.15, 0.2) is 78.2 Å². The van der Waals surface area contributed by atoms with Crippen molar-refractivity contribution in [2.24, 2.45) is 4.99 Å². The molecule has 1 unspecified atom stereocenters. The van der Waals surface area contributed by atoms with Gasteiger partial charge in [-0.25, -0.2) is 0 Å². The first kappa shape index (κ1) is 22.6. The molecule has 7 heteroatoms. The fourth-order valence-electron chi connectivity index (χ4n) is 3.98. The Morgan fingerprint density at radius 2 is 1.82 bits per heavy atom. The van der Waals surface area contributed by atoms with E-state index in [0.717, 1.165) is 50.8 Å². The zero-order chi connectivity index (χ0) is 22.9. The van der Waals surface area contributed by atoms with Crippen molar-refractivity contribution in [1.82, 2.24) is 30.0 Å². The first-order valence-corrected chi connectivity index (χ1v) is 11.7. The summed E-state index contributed by atoms with van der Waals surface area (Å²) in [5, 5.41) is 16.5. The van der Waals surface area contributed by atoms with E-state index >= 15 is 0 Å². The Kier molecular flexibility index (Phi) is 7.74. The second-order valence-electron chi connectivity index (χ2n) is 8.15. The standard InChI is InChI=1S/C26H33N7/c1-3-25-31-29-20-33(25)19-16-28-26(30-21(2)22-10-5-4-6-11-22)27-15-9-17-32-18-14-23-12-7-8-13-24(23)32/h4-8,10-14,18,20-21H,3,9,15-17,19H2,1-2H3,(H2,27,28,30). The molecule has 0 aliphatic carbocycles. The number of hydrogen-bond acceptors (Lipinski definition) is 3. The third-order valence-electron chi connectivity index (χ3n) is 5.82. The molecule has 2 N–H and O–H groups in total. The zero-order valence-electron chi connectivity index (χ0n) is 19.5. The van der Waals surface area contributed by atoms with Crippen molar-refractivity contribution < 1.29 is 0 Å². The van der Waals surface area contributed by atoms with Crippen molar-refractivity contribution in [2.75, 3.05) is 13.1 Å². The lowest BCUT2D eigenvalue weighted by atomic mass is 10.1. The van der Waals surface area contributed by atoms with Crippen molar-refractivity contribution in [1.29, 1.82) is 0 Å². The van der Waals surface area contributed by atoms with E-state index in [2.05, 4.69) is 105 Å². The van der Waals surface area contributed by atoms with Gasteiger partial charge in [0, 0.05) is 44.3 Å². The SMILES string of the molecule is CCc1nncn1CCNC(=NCCCn1ccc2ccccc21)NC(C)c1ccccc1. The lowest BCUT2D eigenvalue weighted by molar-refractivity contribution is 0.614. The van der Waals surface area contributed by atoms with Gasteiger partial charge in [0.1, 0.15) is 12.2 Å². The van der Waals surface area contributed by atoms with Crippen molar-refractivity contribution in [3.8, 4) is 0 Å². The number of aromatic nitrogens is 4. The van der Waals surface area contributed by atoms with Gasteiger partial charge in [-0.15, -0.1) is 10.2 Å². The van der Waals surface area contributed by atoms with Crippen LogP contribution in [0.25, 0.3) is 10.9 Å². The molecule has 0 aliphatic heterocycles. The quantitative estimate of drug-likeness (QED) is 0.219. The fourth-order valence-corrected chi connectivity index (χ4v) is 3.98. The normalized spacial score (nSPS) is 12.7. The van der Waals surface area contributed by atoms with Gasteiger partial charge in [-0.05, 0) is 36.4 Å². The maximum Gasteiger partial charge on any atom is 0.191 e. The van der Waals surface area contributed by atoms with Gasteiger partial charge in [0.05, 0.1) is 6.04 Å². The van der Waals surface area contributed by atoms with Crippen LogP contribution in [0.1, 0.15) is 37.7 Å². The molecule has 0 amide bonds. The molecule has 0 saturated heterocycles. The van der Waals surface area contributed by atoms with E-state index in [1.54, 1.807) is 6.33 Å². The molecule has 0 fully saturated rings. The summed E-state index contributed by atoms with van der Waals surface area (Å²) in [5.41, 5.74) is 2.51. The number of hydrogen-bond donors (Lipinski definition) is 2.